The van der Waals surface area contributed by atoms with Crippen LogP contribution in [-0.4, -0.2) is 58.3 Å². The topological polar surface area (TPSA) is 80.3 Å². The Morgan fingerprint density at radius 1 is 0.897 bits per heavy atom. The molecule has 2 aliphatic rings. The fourth-order valence-corrected chi connectivity index (χ4v) is 4.26. The lowest BCUT2D eigenvalue weighted by Gasteiger charge is -2.25. The number of hydrogen-bond acceptors (Lipinski definition) is 7. The molecule has 0 unspecified atom stereocenters. The molecule has 0 aliphatic carbocycles. The van der Waals surface area contributed by atoms with Crippen molar-refractivity contribution >= 4 is 10.1 Å². The Labute approximate surface area is 176 Å². The van der Waals surface area contributed by atoms with Crippen LogP contribution in [0.4, 0.5) is 0 Å². The van der Waals surface area contributed by atoms with Crippen molar-refractivity contribution in [2.45, 2.75) is 115 Å². The van der Waals surface area contributed by atoms with Crippen LogP contribution in [0.15, 0.2) is 0 Å². The average molecular weight is 437 g/mol. The van der Waals surface area contributed by atoms with E-state index >= 15 is 0 Å². The summed E-state index contributed by atoms with van der Waals surface area (Å²) in [7, 11) is -3.54. The average Bonchev–Trinajstić information content (AvgIpc) is 3.09. The van der Waals surface area contributed by atoms with Gasteiger partial charge in [-0.05, 0) is 20.3 Å². The summed E-state index contributed by atoms with van der Waals surface area (Å²) < 4.78 is 51.1. The summed E-state index contributed by atoms with van der Waals surface area (Å²) in [6, 6.07) is 0. The largest absolute Gasteiger partial charge is 0.372 e. The minimum absolute atomic E-state index is 0.0956. The van der Waals surface area contributed by atoms with Gasteiger partial charge < -0.3 is 18.9 Å². The predicted octanol–water partition coefficient (Wildman–Crippen LogP) is 4.15. The second-order valence-electron chi connectivity index (χ2n) is 8.65. The summed E-state index contributed by atoms with van der Waals surface area (Å²) in [5.74, 6) is -0.739. The highest BCUT2D eigenvalue weighted by Gasteiger charge is 2.55. The molecule has 8 heteroatoms. The second-order valence-corrected chi connectivity index (χ2v) is 10.3. The normalized spacial score (nSPS) is 28.7. The van der Waals surface area contributed by atoms with Gasteiger partial charge in [-0.25, -0.2) is 0 Å². The Morgan fingerprint density at radius 3 is 2.07 bits per heavy atom. The van der Waals surface area contributed by atoms with Crippen molar-refractivity contribution in [2.24, 2.45) is 0 Å². The van der Waals surface area contributed by atoms with Crippen molar-refractivity contribution in [2.75, 3.05) is 19.5 Å². The zero-order chi connectivity index (χ0) is 21.3. The maximum Gasteiger partial charge on any atom is 0.264 e. The molecule has 0 amide bonds. The number of unbranched alkanes of at least 4 members (excludes halogenated alkanes) is 9. The van der Waals surface area contributed by atoms with Gasteiger partial charge in [0.05, 0.1) is 12.9 Å². The fraction of sp³-hybridized carbons (Fsp3) is 1.00. The summed E-state index contributed by atoms with van der Waals surface area (Å²) >= 11 is 0. The molecule has 2 heterocycles. The summed E-state index contributed by atoms with van der Waals surface area (Å²) in [6.07, 6.45) is 11.8. The first-order chi connectivity index (χ1) is 13.7. The summed E-state index contributed by atoms with van der Waals surface area (Å²) in [5, 5.41) is 0. The highest BCUT2D eigenvalue weighted by molar-refractivity contribution is 7.85. The third-order valence-electron chi connectivity index (χ3n) is 5.34. The van der Waals surface area contributed by atoms with Crippen LogP contribution in [0.3, 0.4) is 0 Å². The minimum Gasteiger partial charge on any atom is -0.372 e. The number of hydrogen-bond donors (Lipinski definition) is 0. The van der Waals surface area contributed by atoms with Crippen molar-refractivity contribution in [1.82, 2.24) is 0 Å². The van der Waals surface area contributed by atoms with E-state index in [9.17, 15) is 8.42 Å². The molecule has 0 N–H and O–H groups in total. The lowest BCUT2D eigenvalue weighted by molar-refractivity contribution is -0.221. The van der Waals surface area contributed by atoms with Crippen molar-refractivity contribution < 1.29 is 31.5 Å². The molecule has 2 rings (SSSR count). The molecule has 7 nitrogen and oxygen atoms in total. The van der Waals surface area contributed by atoms with Gasteiger partial charge in [0.2, 0.25) is 0 Å². The van der Waals surface area contributed by atoms with Gasteiger partial charge in [0.15, 0.2) is 12.1 Å². The molecule has 2 fully saturated rings. The Bertz CT molecular complexity index is 563. The molecule has 0 spiro atoms. The van der Waals surface area contributed by atoms with Crippen molar-refractivity contribution in [3.8, 4) is 0 Å². The van der Waals surface area contributed by atoms with Gasteiger partial charge in [-0.2, -0.15) is 8.42 Å². The van der Waals surface area contributed by atoms with Crippen LogP contribution in [0.25, 0.3) is 0 Å². The molecule has 0 saturated carbocycles. The molecular weight excluding hydrogens is 396 g/mol. The van der Waals surface area contributed by atoms with E-state index in [2.05, 4.69) is 6.92 Å². The Morgan fingerprint density at radius 2 is 1.48 bits per heavy atom. The standard InChI is InChI=1S/C21H40O7S/c1-5-6-7-8-9-10-11-12-13-14-15-24-18-17(16-25-29(4,22)23)26-20-19(18)27-21(2,3)28-20/h17-20H,5-16H2,1-4H3/t17-,18+,19-,20-/m1/s1. The molecule has 4 atom stereocenters. The third kappa shape index (κ3) is 9.19. The second kappa shape index (κ2) is 12.0. The third-order valence-corrected chi connectivity index (χ3v) is 5.91. The van der Waals surface area contributed by atoms with E-state index in [-0.39, 0.29) is 12.7 Å². The van der Waals surface area contributed by atoms with Gasteiger partial charge in [-0.1, -0.05) is 64.7 Å². The fourth-order valence-electron chi connectivity index (χ4n) is 3.88. The SMILES string of the molecule is CCCCCCCCCCCCO[C@@H]1[C@H]2OC(C)(C)O[C@H]2O[C@@H]1COS(C)(=O)=O. The van der Waals surface area contributed by atoms with Crippen molar-refractivity contribution in [1.29, 1.82) is 0 Å². The van der Waals surface area contributed by atoms with Crippen molar-refractivity contribution in [3.05, 3.63) is 0 Å². The van der Waals surface area contributed by atoms with Gasteiger partial charge in [0.25, 0.3) is 10.1 Å². The lowest BCUT2D eigenvalue weighted by atomic mass is 10.1. The monoisotopic (exact) mass is 436 g/mol. The molecule has 0 radical (unpaired) electrons. The summed E-state index contributed by atoms with van der Waals surface area (Å²) in [4.78, 5) is 0. The Hall–Kier alpha value is -0.250. The molecular formula is C21H40O7S. The molecule has 2 saturated heterocycles. The van der Waals surface area contributed by atoms with Crippen LogP contribution < -0.4 is 0 Å². The van der Waals surface area contributed by atoms with E-state index in [1.54, 1.807) is 0 Å². The molecule has 0 bridgehead atoms. The van der Waals surface area contributed by atoms with Crippen LogP contribution in [0.5, 0.6) is 0 Å². The van der Waals surface area contributed by atoms with E-state index in [0.29, 0.717) is 6.61 Å². The van der Waals surface area contributed by atoms with Crippen LogP contribution in [-0.2, 0) is 33.2 Å². The summed E-state index contributed by atoms with van der Waals surface area (Å²) in [6.45, 7) is 6.40. The molecule has 0 aromatic carbocycles. The predicted molar refractivity (Wildman–Crippen MR) is 111 cm³/mol. The maximum atomic E-state index is 11.3. The number of ether oxygens (including phenoxy) is 4. The first kappa shape index (κ1) is 25.0. The molecule has 0 aromatic rings. The van der Waals surface area contributed by atoms with Crippen LogP contribution in [0.1, 0.15) is 85.0 Å². The number of rotatable bonds is 15. The van der Waals surface area contributed by atoms with E-state index < -0.39 is 34.4 Å². The molecule has 2 aliphatic heterocycles. The van der Waals surface area contributed by atoms with E-state index in [1.165, 1.54) is 51.4 Å². The van der Waals surface area contributed by atoms with Gasteiger partial charge in [-0.3, -0.25) is 4.18 Å². The molecule has 172 valence electrons. The lowest BCUT2D eigenvalue weighted by Crippen LogP contribution is -2.39. The van der Waals surface area contributed by atoms with Gasteiger partial charge >= 0.3 is 0 Å². The number of fused-ring (bicyclic) bond motifs is 1. The Balaban J connectivity index is 1.66. The van der Waals surface area contributed by atoms with Crippen LogP contribution >= 0.6 is 0 Å². The van der Waals surface area contributed by atoms with Crippen LogP contribution in [0.2, 0.25) is 0 Å². The maximum absolute atomic E-state index is 11.3. The molecule has 29 heavy (non-hydrogen) atoms. The van der Waals surface area contributed by atoms with Crippen molar-refractivity contribution in [3.63, 3.8) is 0 Å². The van der Waals surface area contributed by atoms with Crippen LogP contribution in [0, 0.1) is 0 Å². The minimum atomic E-state index is -3.54. The van der Waals surface area contributed by atoms with E-state index in [4.69, 9.17) is 23.1 Å². The highest BCUT2D eigenvalue weighted by atomic mass is 32.2. The zero-order valence-electron chi connectivity index (χ0n) is 18.6. The smallest absolute Gasteiger partial charge is 0.264 e. The van der Waals surface area contributed by atoms with E-state index in [0.717, 1.165) is 19.1 Å². The zero-order valence-corrected chi connectivity index (χ0v) is 19.4. The van der Waals surface area contributed by atoms with Gasteiger partial charge in [-0.15, -0.1) is 0 Å². The quantitative estimate of drug-likeness (QED) is 0.282. The molecule has 0 aromatic heterocycles. The van der Waals surface area contributed by atoms with Gasteiger partial charge in [0.1, 0.15) is 18.3 Å². The first-order valence-corrected chi connectivity index (χ1v) is 13.0. The highest BCUT2D eigenvalue weighted by Crippen LogP contribution is 2.39. The van der Waals surface area contributed by atoms with Gasteiger partial charge in [0, 0.05) is 6.61 Å². The Kier molecular flexibility index (Phi) is 10.3. The van der Waals surface area contributed by atoms with E-state index in [1.807, 2.05) is 13.8 Å². The first-order valence-electron chi connectivity index (χ1n) is 11.2. The summed E-state index contributed by atoms with van der Waals surface area (Å²) in [5.41, 5.74) is 0.